The number of phenolic OH excluding ortho intramolecular Hbond substituents is 1. The third-order valence-electron chi connectivity index (χ3n) is 3.66. The summed E-state index contributed by atoms with van der Waals surface area (Å²) >= 11 is 0. The highest BCUT2D eigenvalue weighted by Crippen LogP contribution is 2.29. The minimum atomic E-state index is 0.297. The third kappa shape index (κ3) is 1.87. The lowest BCUT2D eigenvalue weighted by Gasteiger charge is -2.03. The minimum absolute atomic E-state index is 0.297. The molecule has 0 aliphatic rings. The van der Waals surface area contributed by atoms with Gasteiger partial charge in [-0.05, 0) is 50.1 Å². The average molecular weight is 252 g/mol. The number of nitrogens with zero attached hydrogens (tertiary/aromatic N) is 1. The number of aryl methyl sites for hydroxylation is 2. The monoisotopic (exact) mass is 252 g/mol. The molecule has 19 heavy (non-hydrogen) atoms. The molecule has 1 aromatic heterocycles. The van der Waals surface area contributed by atoms with E-state index >= 15 is 0 Å². The minimum Gasteiger partial charge on any atom is -0.508 e. The van der Waals surface area contributed by atoms with E-state index < -0.39 is 0 Å². The summed E-state index contributed by atoms with van der Waals surface area (Å²) in [5.74, 6) is 1.10. The van der Waals surface area contributed by atoms with Crippen LogP contribution < -0.4 is 0 Å². The van der Waals surface area contributed by atoms with Gasteiger partial charge in [-0.1, -0.05) is 12.1 Å². The SMILES string of the molecule is Cc1cc2nc(-c3cccc(O)c3C)[nH]c2cc1C. The van der Waals surface area contributed by atoms with Crippen LogP contribution in [0.15, 0.2) is 30.3 Å². The zero-order valence-corrected chi connectivity index (χ0v) is 11.3. The van der Waals surface area contributed by atoms with Crippen LogP contribution in [0.1, 0.15) is 16.7 Å². The van der Waals surface area contributed by atoms with Gasteiger partial charge < -0.3 is 10.1 Å². The normalized spacial score (nSPS) is 11.1. The summed E-state index contributed by atoms with van der Waals surface area (Å²) in [6.45, 7) is 6.08. The van der Waals surface area contributed by atoms with Gasteiger partial charge in [-0.25, -0.2) is 4.98 Å². The number of aromatic hydroxyl groups is 1. The molecule has 3 nitrogen and oxygen atoms in total. The third-order valence-corrected chi connectivity index (χ3v) is 3.66. The van der Waals surface area contributed by atoms with Gasteiger partial charge in [0.05, 0.1) is 11.0 Å². The van der Waals surface area contributed by atoms with Crippen LogP contribution in [-0.4, -0.2) is 15.1 Å². The van der Waals surface area contributed by atoms with Crippen molar-refractivity contribution >= 4 is 11.0 Å². The molecule has 0 amide bonds. The number of benzene rings is 2. The molecular formula is C16H16N2O. The summed E-state index contributed by atoms with van der Waals surface area (Å²) in [6.07, 6.45) is 0. The molecule has 0 spiro atoms. The second-order valence-electron chi connectivity index (χ2n) is 4.99. The Bertz CT molecular complexity index is 733. The Balaban J connectivity index is 2.23. The van der Waals surface area contributed by atoms with E-state index in [1.165, 1.54) is 11.1 Å². The topological polar surface area (TPSA) is 48.9 Å². The highest BCUT2D eigenvalue weighted by Gasteiger charge is 2.10. The summed E-state index contributed by atoms with van der Waals surface area (Å²) < 4.78 is 0. The van der Waals surface area contributed by atoms with E-state index in [0.29, 0.717) is 5.75 Å². The Morgan fingerprint density at radius 1 is 1.05 bits per heavy atom. The molecule has 0 saturated carbocycles. The van der Waals surface area contributed by atoms with E-state index in [1.807, 2.05) is 19.1 Å². The van der Waals surface area contributed by atoms with E-state index in [1.54, 1.807) is 6.07 Å². The number of hydrogen-bond acceptors (Lipinski definition) is 2. The molecule has 3 rings (SSSR count). The summed E-state index contributed by atoms with van der Waals surface area (Å²) in [6, 6.07) is 9.69. The summed E-state index contributed by atoms with van der Waals surface area (Å²) in [5, 5.41) is 9.78. The molecule has 3 heteroatoms. The fourth-order valence-corrected chi connectivity index (χ4v) is 2.28. The van der Waals surface area contributed by atoms with Crippen LogP contribution in [0.5, 0.6) is 5.75 Å². The van der Waals surface area contributed by atoms with Crippen LogP contribution in [0.2, 0.25) is 0 Å². The first-order valence-corrected chi connectivity index (χ1v) is 6.32. The Labute approximate surface area is 111 Å². The molecule has 96 valence electrons. The summed E-state index contributed by atoms with van der Waals surface area (Å²) in [7, 11) is 0. The zero-order valence-electron chi connectivity index (χ0n) is 11.3. The lowest BCUT2D eigenvalue weighted by atomic mass is 10.1. The molecule has 0 aliphatic carbocycles. The number of fused-ring (bicyclic) bond motifs is 1. The fourth-order valence-electron chi connectivity index (χ4n) is 2.28. The second kappa shape index (κ2) is 4.12. The number of nitrogens with one attached hydrogen (secondary N) is 1. The van der Waals surface area contributed by atoms with Crippen molar-refractivity contribution in [1.82, 2.24) is 9.97 Å². The van der Waals surface area contributed by atoms with Crippen LogP contribution in [-0.2, 0) is 0 Å². The largest absolute Gasteiger partial charge is 0.508 e. The summed E-state index contributed by atoms with van der Waals surface area (Å²) in [4.78, 5) is 7.95. The van der Waals surface area contributed by atoms with Crippen LogP contribution in [0, 0.1) is 20.8 Å². The Hall–Kier alpha value is -2.29. The number of rotatable bonds is 1. The van der Waals surface area contributed by atoms with Gasteiger partial charge in [-0.2, -0.15) is 0 Å². The number of phenols is 1. The number of hydrogen-bond donors (Lipinski definition) is 2. The predicted octanol–water partition coefficient (Wildman–Crippen LogP) is 3.86. The molecular weight excluding hydrogens is 236 g/mol. The van der Waals surface area contributed by atoms with Crippen molar-refractivity contribution < 1.29 is 5.11 Å². The first kappa shape index (κ1) is 11.8. The molecule has 0 fully saturated rings. The van der Waals surface area contributed by atoms with Crippen molar-refractivity contribution in [1.29, 1.82) is 0 Å². The van der Waals surface area contributed by atoms with E-state index in [4.69, 9.17) is 0 Å². The van der Waals surface area contributed by atoms with Crippen molar-refractivity contribution in [2.45, 2.75) is 20.8 Å². The maximum atomic E-state index is 9.78. The lowest BCUT2D eigenvalue weighted by Crippen LogP contribution is -1.85. The van der Waals surface area contributed by atoms with Gasteiger partial charge in [0.2, 0.25) is 0 Å². The number of H-pyrrole nitrogens is 1. The van der Waals surface area contributed by atoms with Crippen LogP contribution in [0.25, 0.3) is 22.4 Å². The standard InChI is InChI=1S/C16H16N2O/c1-9-7-13-14(8-10(9)2)18-16(17-13)12-5-4-6-15(19)11(12)3/h4-8,19H,1-3H3,(H,17,18). The van der Waals surface area contributed by atoms with Crippen LogP contribution >= 0.6 is 0 Å². The smallest absolute Gasteiger partial charge is 0.138 e. The van der Waals surface area contributed by atoms with E-state index in [-0.39, 0.29) is 0 Å². The molecule has 0 atom stereocenters. The number of imidazole rings is 1. The van der Waals surface area contributed by atoms with Gasteiger partial charge in [-0.15, -0.1) is 0 Å². The van der Waals surface area contributed by atoms with E-state index in [0.717, 1.165) is 28.0 Å². The lowest BCUT2D eigenvalue weighted by molar-refractivity contribution is 0.471. The van der Waals surface area contributed by atoms with Gasteiger partial charge in [-0.3, -0.25) is 0 Å². The Morgan fingerprint density at radius 2 is 1.79 bits per heavy atom. The van der Waals surface area contributed by atoms with Gasteiger partial charge in [0, 0.05) is 11.1 Å². The Kier molecular flexibility index (Phi) is 2.56. The fraction of sp³-hybridized carbons (Fsp3) is 0.188. The summed E-state index contributed by atoms with van der Waals surface area (Å²) in [5.41, 5.74) is 6.25. The van der Waals surface area contributed by atoms with Crippen molar-refractivity contribution in [2.75, 3.05) is 0 Å². The van der Waals surface area contributed by atoms with E-state index in [2.05, 4.69) is 35.9 Å². The Morgan fingerprint density at radius 3 is 2.58 bits per heavy atom. The van der Waals surface area contributed by atoms with Crippen molar-refractivity contribution in [3.63, 3.8) is 0 Å². The van der Waals surface area contributed by atoms with E-state index in [9.17, 15) is 5.11 Å². The molecule has 0 saturated heterocycles. The van der Waals surface area contributed by atoms with Crippen LogP contribution in [0.3, 0.4) is 0 Å². The average Bonchev–Trinajstić information content (AvgIpc) is 2.76. The highest BCUT2D eigenvalue weighted by molar-refractivity contribution is 5.81. The quantitative estimate of drug-likeness (QED) is 0.691. The van der Waals surface area contributed by atoms with Gasteiger partial charge in [0.15, 0.2) is 0 Å². The maximum absolute atomic E-state index is 9.78. The molecule has 0 radical (unpaired) electrons. The van der Waals surface area contributed by atoms with Crippen molar-refractivity contribution in [3.8, 4) is 17.1 Å². The molecule has 0 aliphatic heterocycles. The van der Waals surface area contributed by atoms with Crippen molar-refractivity contribution in [2.24, 2.45) is 0 Å². The van der Waals surface area contributed by atoms with Gasteiger partial charge in [0.25, 0.3) is 0 Å². The predicted molar refractivity (Wildman–Crippen MR) is 77.4 cm³/mol. The molecule has 0 bridgehead atoms. The zero-order chi connectivity index (χ0) is 13.6. The van der Waals surface area contributed by atoms with Crippen LogP contribution in [0.4, 0.5) is 0 Å². The molecule has 0 unspecified atom stereocenters. The maximum Gasteiger partial charge on any atom is 0.138 e. The van der Waals surface area contributed by atoms with Gasteiger partial charge >= 0.3 is 0 Å². The molecule has 3 aromatic rings. The molecule has 2 N–H and O–H groups in total. The number of aromatic amines is 1. The molecule has 1 heterocycles. The number of aromatic nitrogens is 2. The van der Waals surface area contributed by atoms with Crippen molar-refractivity contribution in [3.05, 3.63) is 47.0 Å². The highest BCUT2D eigenvalue weighted by atomic mass is 16.3. The van der Waals surface area contributed by atoms with Gasteiger partial charge in [0.1, 0.15) is 11.6 Å². The first-order valence-electron chi connectivity index (χ1n) is 6.32. The first-order chi connectivity index (χ1) is 9.06. The molecule has 2 aromatic carbocycles. The second-order valence-corrected chi connectivity index (χ2v) is 4.99.